The minimum absolute atomic E-state index is 0.0475. The second-order valence-corrected chi connectivity index (χ2v) is 4.07. The molecule has 0 amide bonds. The molecule has 0 saturated carbocycles. The third-order valence-electron chi connectivity index (χ3n) is 1.67. The number of nitrogens with zero attached hydrogens (tertiary/aromatic N) is 1. The van der Waals surface area contributed by atoms with Crippen molar-refractivity contribution in [3.05, 3.63) is 27.4 Å². The van der Waals surface area contributed by atoms with Gasteiger partial charge < -0.3 is 4.74 Å². The van der Waals surface area contributed by atoms with Gasteiger partial charge in [-0.3, -0.25) is 0 Å². The number of ether oxygens (including phenoxy) is 1. The van der Waals surface area contributed by atoms with Crippen molar-refractivity contribution >= 4 is 27.5 Å². The molecule has 0 N–H and O–H groups in total. The fraction of sp³-hybridized carbons (Fsp3) is 0.300. The first kappa shape index (κ1) is 12.3. The molecular formula is C10H8BrClFNO. The Morgan fingerprint density at radius 3 is 2.93 bits per heavy atom. The molecule has 0 atom stereocenters. The van der Waals surface area contributed by atoms with Crippen LogP contribution in [-0.2, 0) is 0 Å². The van der Waals surface area contributed by atoms with Gasteiger partial charge in [0.15, 0.2) is 0 Å². The van der Waals surface area contributed by atoms with Crippen LogP contribution in [0.2, 0.25) is 5.02 Å². The monoisotopic (exact) mass is 291 g/mol. The van der Waals surface area contributed by atoms with E-state index in [0.717, 1.165) is 0 Å². The number of unbranched alkanes of at least 4 members (excludes halogenated alkanes) is 1. The quantitative estimate of drug-likeness (QED) is 0.622. The molecule has 0 aliphatic rings. The highest BCUT2D eigenvalue weighted by atomic mass is 79.9. The van der Waals surface area contributed by atoms with Crippen LogP contribution in [0.1, 0.15) is 12.8 Å². The smallest absolute Gasteiger partial charge is 0.145 e. The van der Waals surface area contributed by atoms with E-state index in [1.165, 1.54) is 12.1 Å². The molecule has 0 aromatic heterocycles. The molecule has 0 aliphatic heterocycles. The standard InChI is InChI=1S/C10H8BrClFNO/c11-7-5-8(12)9(13)6-10(7)15-4-2-1-3-14/h5-6H,1-2,4H2. The van der Waals surface area contributed by atoms with E-state index in [4.69, 9.17) is 21.6 Å². The zero-order valence-corrected chi connectivity index (χ0v) is 10.1. The van der Waals surface area contributed by atoms with E-state index in [-0.39, 0.29) is 5.02 Å². The van der Waals surface area contributed by atoms with E-state index >= 15 is 0 Å². The maximum atomic E-state index is 13.0. The van der Waals surface area contributed by atoms with Gasteiger partial charge in [-0.25, -0.2) is 4.39 Å². The summed E-state index contributed by atoms with van der Waals surface area (Å²) in [5.74, 6) is -0.120. The Hall–Kier alpha value is -0.790. The summed E-state index contributed by atoms with van der Waals surface area (Å²) in [6, 6.07) is 4.66. The average molecular weight is 293 g/mol. The molecule has 1 aromatic carbocycles. The van der Waals surface area contributed by atoms with E-state index in [1.54, 1.807) is 0 Å². The Morgan fingerprint density at radius 1 is 1.53 bits per heavy atom. The van der Waals surface area contributed by atoms with Gasteiger partial charge in [-0.1, -0.05) is 11.6 Å². The van der Waals surface area contributed by atoms with Gasteiger partial charge in [-0.15, -0.1) is 0 Å². The highest BCUT2D eigenvalue weighted by Crippen LogP contribution is 2.30. The first-order valence-electron chi connectivity index (χ1n) is 4.29. The van der Waals surface area contributed by atoms with Crippen molar-refractivity contribution in [2.45, 2.75) is 12.8 Å². The van der Waals surface area contributed by atoms with Crippen LogP contribution in [-0.4, -0.2) is 6.61 Å². The topological polar surface area (TPSA) is 33.0 Å². The van der Waals surface area contributed by atoms with Crippen LogP contribution in [0.3, 0.4) is 0 Å². The zero-order valence-electron chi connectivity index (χ0n) is 7.77. The van der Waals surface area contributed by atoms with Crippen LogP contribution in [0.5, 0.6) is 5.75 Å². The minimum Gasteiger partial charge on any atom is -0.492 e. The first-order valence-corrected chi connectivity index (χ1v) is 5.46. The van der Waals surface area contributed by atoms with Gasteiger partial charge in [0.1, 0.15) is 11.6 Å². The van der Waals surface area contributed by atoms with Crippen LogP contribution in [0.4, 0.5) is 4.39 Å². The summed E-state index contributed by atoms with van der Waals surface area (Å²) in [5, 5.41) is 8.35. The molecule has 0 radical (unpaired) electrons. The van der Waals surface area contributed by atoms with E-state index in [2.05, 4.69) is 15.9 Å². The molecule has 0 heterocycles. The Balaban J connectivity index is 2.62. The minimum atomic E-state index is -0.518. The summed E-state index contributed by atoms with van der Waals surface area (Å²) in [5.41, 5.74) is 0. The molecule has 80 valence electrons. The first-order chi connectivity index (χ1) is 7.15. The molecule has 0 aliphatic carbocycles. The Kier molecular flexibility index (Phi) is 4.86. The molecule has 2 nitrogen and oxygen atoms in total. The summed E-state index contributed by atoms with van der Waals surface area (Å²) >= 11 is 8.78. The van der Waals surface area contributed by atoms with Gasteiger partial charge in [-0.2, -0.15) is 5.26 Å². The van der Waals surface area contributed by atoms with Gasteiger partial charge in [0.25, 0.3) is 0 Å². The van der Waals surface area contributed by atoms with E-state index in [9.17, 15) is 4.39 Å². The van der Waals surface area contributed by atoms with Crippen molar-refractivity contribution < 1.29 is 9.13 Å². The SMILES string of the molecule is N#CCCCOc1cc(F)c(Cl)cc1Br. The van der Waals surface area contributed by atoms with Crippen LogP contribution in [0.15, 0.2) is 16.6 Å². The maximum Gasteiger partial charge on any atom is 0.145 e. The van der Waals surface area contributed by atoms with Gasteiger partial charge >= 0.3 is 0 Å². The van der Waals surface area contributed by atoms with Crippen molar-refractivity contribution in [1.29, 1.82) is 5.26 Å². The second kappa shape index (κ2) is 5.94. The Morgan fingerprint density at radius 2 is 2.27 bits per heavy atom. The molecule has 5 heteroatoms. The van der Waals surface area contributed by atoms with Crippen LogP contribution < -0.4 is 4.74 Å². The van der Waals surface area contributed by atoms with Gasteiger partial charge in [0.05, 0.1) is 22.2 Å². The summed E-state index contributed by atoms with van der Waals surface area (Å²) in [4.78, 5) is 0. The van der Waals surface area contributed by atoms with Crippen molar-refractivity contribution in [1.82, 2.24) is 0 Å². The van der Waals surface area contributed by atoms with Crippen molar-refractivity contribution in [3.8, 4) is 11.8 Å². The van der Waals surface area contributed by atoms with Crippen LogP contribution in [0, 0.1) is 17.1 Å². The lowest BCUT2D eigenvalue weighted by atomic mass is 10.3. The average Bonchev–Trinajstić information content (AvgIpc) is 2.20. The van der Waals surface area contributed by atoms with Crippen LogP contribution in [0.25, 0.3) is 0 Å². The number of halogens is 3. The van der Waals surface area contributed by atoms with Gasteiger partial charge in [-0.05, 0) is 28.4 Å². The highest BCUT2D eigenvalue weighted by Gasteiger charge is 2.07. The number of hydrogen-bond acceptors (Lipinski definition) is 2. The Labute approximate surface area is 101 Å². The third-order valence-corrected chi connectivity index (χ3v) is 2.57. The molecule has 15 heavy (non-hydrogen) atoms. The van der Waals surface area contributed by atoms with E-state index in [0.29, 0.717) is 29.7 Å². The maximum absolute atomic E-state index is 13.0. The molecule has 0 bridgehead atoms. The predicted octanol–water partition coefficient (Wildman–Crippen LogP) is 3.92. The fourth-order valence-corrected chi connectivity index (χ4v) is 1.70. The molecule has 1 aromatic rings. The predicted molar refractivity (Wildman–Crippen MR) is 59.5 cm³/mol. The summed E-state index contributed by atoms with van der Waals surface area (Å²) < 4.78 is 18.9. The van der Waals surface area contributed by atoms with Crippen LogP contribution >= 0.6 is 27.5 Å². The molecule has 1 rings (SSSR count). The van der Waals surface area contributed by atoms with Crippen molar-refractivity contribution in [3.63, 3.8) is 0 Å². The van der Waals surface area contributed by atoms with E-state index < -0.39 is 5.82 Å². The number of hydrogen-bond donors (Lipinski definition) is 0. The summed E-state index contributed by atoms with van der Waals surface area (Å²) in [7, 11) is 0. The summed E-state index contributed by atoms with van der Waals surface area (Å²) in [6.07, 6.45) is 1.04. The lowest BCUT2D eigenvalue weighted by molar-refractivity contribution is 0.309. The van der Waals surface area contributed by atoms with Crippen molar-refractivity contribution in [2.24, 2.45) is 0 Å². The van der Waals surface area contributed by atoms with Crippen molar-refractivity contribution in [2.75, 3.05) is 6.61 Å². The van der Waals surface area contributed by atoms with Gasteiger partial charge in [0, 0.05) is 12.5 Å². The second-order valence-electron chi connectivity index (χ2n) is 2.81. The zero-order chi connectivity index (χ0) is 11.3. The Bertz CT molecular complexity index is 392. The fourth-order valence-electron chi connectivity index (χ4n) is 0.948. The molecule has 0 fully saturated rings. The molecule has 0 spiro atoms. The molecule has 0 saturated heterocycles. The number of benzene rings is 1. The highest BCUT2D eigenvalue weighted by molar-refractivity contribution is 9.10. The van der Waals surface area contributed by atoms with Gasteiger partial charge in [0.2, 0.25) is 0 Å². The lowest BCUT2D eigenvalue weighted by Crippen LogP contribution is -1.98. The lowest BCUT2D eigenvalue weighted by Gasteiger charge is -2.07. The normalized spacial score (nSPS) is 9.73. The third kappa shape index (κ3) is 3.69. The number of rotatable bonds is 4. The molecule has 0 unspecified atom stereocenters. The summed E-state index contributed by atoms with van der Waals surface area (Å²) in [6.45, 7) is 0.382. The molecular weight excluding hydrogens is 284 g/mol. The van der Waals surface area contributed by atoms with E-state index in [1.807, 2.05) is 6.07 Å². The largest absolute Gasteiger partial charge is 0.492 e. The number of nitriles is 1.